The first-order valence-electron chi connectivity index (χ1n) is 10.7. The molecule has 2 aliphatic rings. The van der Waals surface area contributed by atoms with Crippen LogP contribution in [-0.2, 0) is 4.79 Å². The fourth-order valence-electron chi connectivity index (χ4n) is 4.51. The number of aliphatic hydroxyl groups excluding tert-OH is 1. The molecule has 0 unspecified atom stereocenters. The Morgan fingerprint density at radius 2 is 1.90 bits per heavy atom. The van der Waals surface area contributed by atoms with Gasteiger partial charge in [-0.25, -0.2) is 4.79 Å². The Labute approximate surface area is 173 Å². The number of urea groups is 1. The van der Waals surface area contributed by atoms with Crippen molar-refractivity contribution in [1.82, 2.24) is 15.5 Å². The van der Waals surface area contributed by atoms with E-state index < -0.39 is 0 Å². The summed E-state index contributed by atoms with van der Waals surface area (Å²) < 4.78 is 0. The van der Waals surface area contributed by atoms with E-state index in [1.54, 1.807) is 4.90 Å². The van der Waals surface area contributed by atoms with Gasteiger partial charge in [-0.15, -0.1) is 0 Å². The molecule has 1 saturated heterocycles. The normalized spacial score (nSPS) is 24.0. The van der Waals surface area contributed by atoms with Gasteiger partial charge in [0.15, 0.2) is 0 Å². The number of aliphatic hydroxyl groups is 1. The Kier molecular flexibility index (Phi) is 6.96. The predicted molar refractivity (Wildman–Crippen MR) is 114 cm³/mol. The number of nitrogens with zero attached hydrogens (tertiary/aromatic N) is 1. The monoisotopic (exact) mass is 399 g/mol. The molecule has 3 N–H and O–H groups in total. The second kappa shape index (κ2) is 9.44. The second-order valence-electron chi connectivity index (χ2n) is 8.39. The lowest BCUT2D eigenvalue weighted by Gasteiger charge is -2.54. The third-order valence-corrected chi connectivity index (χ3v) is 5.89. The van der Waals surface area contributed by atoms with E-state index >= 15 is 0 Å². The standard InChI is InChI=1S/C23H33N3O3/c1-15(2)25-23(29)26-20(13-24-16(3)28)22(21(26)14-27)19-11-9-18(10-12-19)17-7-5-4-6-8-17/h7,9-12,15,20-22,27H,4-6,8,13-14H2,1-3H3,(H,24,28)(H,25,29)/t20-,21-,22-/m0/s1. The van der Waals surface area contributed by atoms with E-state index in [0.29, 0.717) is 6.54 Å². The maximum absolute atomic E-state index is 12.7. The van der Waals surface area contributed by atoms with Crippen LogP contribution in [0.25, 0.3) is 5.57 Å². The first-order chi connectivity index (χ1) is 13.9. The summed E-state index contributed by atoms with van der Waals surface area (Å²) in [5.41, 5.74) is 3.75. The smallest absolute Gasteiger partial charge is 0.318 e. The van der Waals surface area contributed by atoms with Crippen LogP contribution in [0.5, 0.6) is 0 Å². The van der Waals surface area contributed by atoms with E-state index in [-0.39, 0.29) is 42.6 Å². The molecule has 6 nitrogen and oxygen atoms in total. The van der Waals surface area contributed by atoms with Gasteiger partial charge in [-0.1, -0.05) is 30.3 Å². The van der Waals surface area contributed by atoms with Crippen LogP contribution in [0.3, 0.4) is 0 Å². The molecule has 0 spiro atoms. The number of hydrogen-bond acceptors (Lipinski definition) is 3. The number of carbonyl (C=O) groups excluding carboxylic acids is 2. The molecule has 3 atom stereocenters. The summed E-state index contributed by atoms with van der Waals surface area (Å²) in [6, 6.07) is 7.83. The molecule has 3 amide bonds. The molecule has 1 aromatic carbocycles. The molecule has 158 valence electrons. The molecule has 1 heterocycles. The van der Waals surface area contributed by atoms with Gasteiger partial charge in [-0.3, -0.25) is 4.79 Å². The number of benzene rings is 1. The molecule has 1 aliphatic heterocycles. The SMILES string of the molecule is CC(=O)NC[C@H]1[C@H](c2ccc(C3=CCCCC3)cc2)[C@H](CO)N1C(=O)NC(C)C. The van der Waals surface area contributed by atoms with Gasteiger partial charge in [0.25, 0.3) is 0 Å². The van der Waals surface area contributed by atoms with E-state index in [1.165, 1.54) is 30.9 Å². The molecule has 3 rings (SSSR count). The Bertz CT molecular complexity index is 757. The van der Waals surface area contributed by atoms with Crippen molar-refractivity contribution in [2.45, 2.75) is 70.5 Å². The fourth-order valence-corrected chi connectivity index (χ4v) is 4.51. The Morgan fingerprint density at radius 1 is 1.17 bits per heavy atom. The number of rotatable bonds is 6. The van der Waals surface area contributed by atoms with E-state index in [0.717, 1.165) is 18.4 Å². The summed E-state index contributed by atoms with van der Waals surface area (Å²) in [5, 5.41) is 15.8. The predicted octanol–water partition coefficient (Wildman–Crippen LogP) is 3.03. The maximum atomic E-state index is 12.7. The molecular weight excluding hydrogens is 366 g/mol. The van der Waals surface area contributed by atoms with E-state index in [1.807, 2.05) is 13.8 Å². The Morgan fingerprint density at radius 3 is 2.45 bits per heavy atom. The highest BCUT2D eigenvalue weighted by Crippen LogP contribution is 2.41. The number of amides is 3. The Balaban J connectivity index is 1.81. The molecular formula is C23H33N3O3. The van der Waals surface area contributed by atoms with Crippen LogP contribution < -0.4 is 10.6 Å². The minimum Gasteiger partial charge on any atom is -0.394 e. The molecule has 0 radical (unpaired) electrons. The van der Waals surface area contributed by atoms with Gasteiger partial charge >= 0.3 is 6.03 Å². The largest absolute Gasteiger partial charge is 0.394 e. The van der Waals surface area contributed by atoms with Crippen LogP contribution in [0, 0.1) is 0 Å². The van der Waals surface area contributed by atoms with Gasteiger partial charge in [0.2, 0.25) is 5.91 Å². The van der Waals surface area contributed by atoms with Crippen LogP contribution >= 0.6 is 0 Å². The van der Waals surface area contributed by atoms with Gasteiger partial charge in [0, 0.05) is 25.4 Å². The average molecular weight is 400 g/mol. The summed E-state index contributed by atoms with van der Waals surface area (Å²) in [5.74, 6) is -0.140. The molecule has 1 aromatic rings. The van der Waals surface area contributed by atoms with Gasteiger partial charge in [0.05, 0.1) is 18.7 Å². The zero-order chi connectivity index (χ0) is 21.0. The number of hydrogen-bond donors (Lipinski definition) is 3. The summed E-state index contributed by atoms with van der Waals surface area (Å²) in [6.07, 6.45) is 7.10. The summed E-state index contributed by atoms with van der Waals surface area (Å²) in [6.45, 7) is 5.55. The molecule has 0 saturated carbocycles. The highest BCUT2D eigenvalue weighted by atomic mass is 16.3. The van der Waals surface area contributed by atoms with Crippen molar-refractivity contribution in [3.05, 3.63) is 41.5 Å². The van der Waals surface area contributed by atoms with Gasteiger partial charge < -0.3 is 20.6 Å². The van der Waals surface area contributed by atoms with E-state index in [2.05, 4.69) is 41.0 Å². The van der Waals surface area contributed by atoms with Crippen LogP contribution in [-0.4, -0.2) is 53.2 Å². The lowest BCUT2D eigenvalue weighted by molar-refractivity contribution is -0.119. The fraction of sp³-hybridized carbons (Fsp3) is 0.565. The third-order valence-electron chi connectivity index (χ3n) is 5.89. The highest BCUT2D eigenvalue weighted by Gasteiger charge is 2.51. The average Bonchev–Trinajstić information content (AvgIpc) is 2.68. The van der Waals surface area contributed by atoms with Crippen LogP contribution in [0.1, 0.15) is 63.5 Å². The molecule has 29 heavy (non-hydrogen) atoms. The van der Waals surface area contributed by atoms with Crippen molar-refractivity contribution >= 4 is 17.5 Å². The van der Waals surface area contributed by atoms with E-state index in [9.17, 15) is 14.7 Å². The van der Waals surface area contributed by atoms with Crippen molar-refractivity contribution in [2.24, 2.45) is 0 Å². The van der Waals surface area contributed by atoms with Crippen LogP contribution in [0.2, 0.25) is 0 Å². The second-order valence-corrected chi connectivity index (χ2v) is 8.39. The topological polar surface area (TPSA) is 81.7 Å². The quantitative estimate of drug-likeness (QED) is 0.688. The number of nitrogens with one attached hydrogen (secondary N) is 2. The third kappa shape index (κ3) is 4.81. The minimum absolute atomic E-state index is 0.00496. The van der Waals surface area contributed by atoms with Crippen LogP contribution in [0.15, 0.2) is 30.3 Å². The lowest BCUT2D eigenvalue weighted by Crippen LogP contribution is -2.70. The van der Waals surface area contributed by atoms with Crippen molar-refractivity contribution in [1.29, 1.82) is 0 Å². The number of likely N-dealkylation sites (tertiary alicyclic amines) is 1. The first-order valence-corrected chi connectivity index (χ1v) is 10.7. The number of carbonyl (C=O) groups is 2. The first kappa shape index (κ1) is 21.4. The molecule has 1 fully saturated rings. The molecule has 0 bridgehead atoms. The summed E-state index contributed by atoms with van der Waals surface area (Å²) >= 11 is 0. The molecule has 1 aliphatic carbocycles. The minimum atomic E-state index is -0.299. The van der Waals surface area contributed by atoms with Crippen LogP contribution in [0.4, 0.5) is 4.79 Å². The maximum Gasteiger partial charge on any atom is 0.318 e. The van der Waals surface area contributed by atoms with Crippen molar-refractivity contribution in [3.63, 3.8) is 0 Å². The van der Waals surface area contributed by atoms with E-state index in [4.69, 9.17) is 0 Å². The lowest BCUT2D eigenvalue weighted by atomic mass is 9.75. The molecule has 0 aromatic heterocycles. The van der Waals surface area contributed by atoms with Crippen molar-refractivity contribution in [2.75, 3.05) is 13.2 Å². The van der Waals surface area contributed by atoms with Gasteiger partial charge in [-0.05, 0) is 56.2 Å². The zero-order valence-electron chi connectivity index (χ0n) is 17.6. The highest BCUT2D eigenvalue weighted by molar-refractivity contribution is 5.78. The van der Waals surface area contributed by atoms with Gasteiger partial charge in [-0.2, -0.15) is 0 Å². The zero-order valence-corrected chi connectivity index (χ0v) is 17.6. The Hall–Kier alpha value is -2.34. The van der Waals surface area contributed by atoms with Crippen molar-refractivity contribution in [3.8, 4) is 0 Å². The number of allylic oxidation sites excluding steroid dienone is 2. The summed E-state index contributed by atoms with van der Waals surface area (Å²) in [4.78, 5) is 25.8. The van der Waals surface area contributed by atoms with Gasteiger partial charge in [0.1, 0.15) is 0 Å². The van der Waals surface area contributed by atoms with Crippen molar-refractivity contribution < 1.29 is 14.7 Å². The summed E-state index contributed by atoms with van der Waals surface area (Å²) in [7, 11) is 0. The molecule has 6 heteroatoms.